The number of pyridine rings is 1. The molecule has 1 heterocycles. The quantitative estimate of drug-likeness (QED) is 0.744. The van der Waals surface area contributed by atoms with E-state index in [1.807, 2.05) is 24.4 Å². The van der Waals surface area contributed by atoms with Gasteiger partial charge in [-0.1, -0.05) is 24.6 Å². The summed E-state index contributed by atoms with van der Waals surface area (Å²) in [6.07, 6.45) is 5.80. The van der Waals surface area contributed by atoms with Crippen LogP contribution in [0.3, 0.4) is 0 Å². The smallest absolute Gasteiger partial charge is 0.140 e. The molecule has 1 aromatic carbocycles. The monoisotopic (exact) mass is 225 g/mol. The zero-order valence-corrected chi connectivity index (χ0v) is 9.73. The van der Waals surface area contributed by atoms with Crippen LogP contribution in [-0.2, 0) is 4.79 Å². The van der Waals surface area contributed by atoms with Gasteiger partial charge >= 0.3 is 0 Å². The lowest BCUT2D eigenvalue weighted by Gasteiger charge is -2.20. The summed E-state index contributed by atoms with van der Waals surface area (Å²) in [6, 6.07) is 10.2. The molecule has 1 saturated carbocycles. The van der Waals surface area contributed by atoms with Crippen molar-refractivity contribution in [3.8, 4) is 0 Å². The summed E-state index contributed by atoms with van der Waals surface area (Å²) in [6.45, 7) is 0. The van der Waals surface area contributed by atoms with Gasteiger partial charge in [0.05, 0.1) is 5.52 Å². The van der Waals surface area contributed by atoms with Gasteiger partial charge in [-0.05, 0) is 30.5 Å². The second-order valence-electron chi connectivity index (χ2n) is 4.73. The van der Waals surface area contributed by atoms with Crippen molar-refractivity contribution in [1.82, 2.24) is 4.98 Å². The molecule has 0 spiro atoms. The Labute approximate surface area is 101 Å². The van der Waals surface area contributed by atoms with E-state index in [0.717, 1.165) is 42.1 Å². The molecule has 1 unspecified atom stereocenters. The first-order valence-electron chi connectivity index (χ1n) is 6.22. The number of Topliss-reactive ketones (excluding diaryl/α,β-unsaturated/α-hetero) is 1. The first-order chi connectivity index (χ1) is 8.34. The lowest BCUT2D eigenvalue weighted by atomic mass is 9.83. The van der Waals surface area contributed by atoms with E-state index in [1.54, 1.807) is 0 Å². The van der Waals surface area contributed by atoms with Crippen molar-refractivity contribution < 1.29 is 4.79 Å². The second-order valence-corrected chi connectivity index (χ2v) is 4.73. The Balaban J connectivity index is 2.02. The number of carbonyl (C=O) groups is 1. The van der Waals surface area contributed by atoms with Crippen molar-refractivity contribution in [2.24, 2.45) is 0 Å². The molecule has 0 saturated heterocycles. The summed E-state index contributed by atoms with van der Waals surface area (Å²) >= 11 is 0. The minimum Gasteiger partial charge on any atom is -0.299 e. The molecular formula is C15H15NO. The third-order valence-corrected chi connectivity index (χ3v) is 3.57. The molecule has 86 valence electrons. The van der Waals surface area contributed by atoms with Gasteiger partial charge in [-0.25, -0.2) is 0 Å². The highest BCUT2D eigenvalue weighted by atomic mass is 16.1. The molecule has 3 rings (SSSR count). The molecule has 17 heavy (non-hydrogen) atoms. The van der Waals surface area contributed by atoms with Crippen LogP contribution >= 0.6 is 0 Å². The number of fused-ring (bicyclic) bond motifs is 1. The van der Waals surface area contributed by atoms with E-state index in [1.165, 1.54) is 0 Å². The van der Waals surface area contributed by atoms with Crippen LogP contribution in [0.5, 0.6) is 0 Å². The third-order valence-electron chi connectivity index (χ3n) is 3.57. The Morgan fingerprint density at radius 3 is 2.94 bits per heavy atom. The minimum atomic E-state index is 0.0841. The van der Waals surface area contributed by atoms with E-state index in [9.17, 15) is 4.79 Å². The molecule has 0 aliphatic heterocycles. The molecule has 2 heteroatoms. The van der Waals surface area contributed by atoms with Crippen LogP contribution in [0.2, 0.25) is 0 Å². The maximum absolute atomic E-state index is 11.9. The molecule has 1 aliphatic carbocycles. The maximum Gasteiger partial charge on any atom is 0.140 e. The molecule has 0 bridgehead atoms. The summed E-state index contributed by atoms with van der Waals surface area (Å²) in [7, 11) is 0. The van der Waals surface area contributed by atoms with Crippen molar-refractivity contribution in [3.63, 3.8) is 0 Å². The molecule has 2 nitrogen and oxygen atoms in total. The van der Waals surface area contributed by atoms with Gasteiger partial charge in [0.2, 0.25) is 0 Å². The number of nitrogens with zero attached hydrogens (tertiary/aromatic N) is 1. The maximum atomic E-state index is 11.9. The van der Waals surface area contributed by atoms with Crippen LogP contribution in [0.15, 0.2) is 36.5 Å². The normalized spacial score (nSPS) is 20.7. The van der Waals surface area contributed by atoms with Gasteiger partial charge in [0.25, 0.3) is 0 Å². The number of ketones is 1. The van der Waals surface area contributed by atoms with Gasteiger partial charge in [-0.3, -0.25) is 9.78 Å². The number of carbonyl (C=O) groups excluding carboxylic acids is 1. The highest BCUT2D eigenvalue weighted by Gasteiger charge is 2.24. The topological polar surface area (TPSA) is 30.0 Å². The fraction of sp³-hybridized carbons (Fsp3) is 0.333. The van der Waals surface area contributed by atoms with Crippen LogP contribution in [0.25, 0.3) is 10.9 Å². The predicted octanol–water partition coefficient (Wildman–Crippen LogP) is 3.46. The number of hydrogen-bond acceptors (Lipinski definition) is 2. The van der Waals surface area contributed by atoms with Crippen molar-refractivity contribution >= 4 is 16.7 Å². The predicted molar refractivity (Wildman–Crippen MR) is 68.0 cm³/mol. The minimum absolute atomic E-state index is 0.0841. The van der Waals surface area contributed by atoms with Gasteiger partial charge < -0.3 is 0 Å². The average Bonchev–Trinajstić information content (AvgIpc) is 2.39. The van der Waals surface area contributed by atoms with Crippen molar-refractivity contribution in [3.05, 3.63) is 42.1 Å². The first kappa shape index (κ1) is 10.5. The largest absolute Gasteiger partial charge is 0.299 e. The fourth-order valence-corrected chi connectivity index (χ4v) is 2.61. The van der Waals surface area contributed by atoms with E-state index in [-0.39, 0.29) is 5.92 Å². The fourth-order valence-electron chi connectivity index (χ4n) is 2.61. The molecule has 1 atom stereocenters. The molecule has 0 radical (unpaired) electrons. The van der Waals surface area contributed by atoms with Crippen LogP contribution in [0.1, 0.15) is 37.2 Å². The van der Waals surface area contributed by atoms with Gasteiger partial charge in [-0.15, -0.1) is 0 Å². The Morgan fingerprint density at radius 1 is 1.18 bits per heavy atom. The lowest BCUT2D eigenvalue weighted by molar-refractivity contribution is -0.121. The standard InChI is InChI=1S/C15H15NO/c17-15-8-4-2-6-13(15)12-9-11-5-1-3-7-14(11)16-10-12/h1,3,5,7,9-10,13H,2,4,6,8H2. The van der Waals surface area contributed by atoms with Crippen LogP contribution in [0, 0.1) is 0 Å². The van der Waals surface area contributed by atoms with E-state index >= 15 is 0 Å². The van der Waals surface area contributed by atoms with Crippen LogP contribution < -0.4 is 0 Å². The SMILES string of the molecule is O=C1CCCCC1c1cnc2ccccc2c1. The first-order valence-corrected chi connectivity index (χ1v) is 6.22. The Morgan fingerprint density at radius 2 is 2.06 bits per heavy atom. The number of para-hydroxylation sites is 1. The highest BCUT2D eigenvalue weighted by Crippen LogP contribution is 2.30. The summed E-state index contributed by atoms with van der Waals surface area (Å²) in [4.78, 5) is 16.3. The van der Waals surface area contributed by atoms with Crippen LogP contribution in [-0.4, -0.2) is 10.8 Å². The van der Waals surface area contributed by atoms with Gasteiger partial charge in [0, 0.05) is 23.9 Å². The molecule has 1 aromatic heterocycles. The zero-order valence-electron chi connectivity index (χ0n) is 9.73. The van der Waals surface area contributed by atoms with E-state index in [4.69, 9.17) is 0 Å². The number of aromatic nitrogens is 1. The average molecular weight is 225 g/mol. The Bertz CT molecular complexity index is 562. The van der Waals surface area contributed by atoms with E-state index in [2.05, 4.69) is 17.1 Å². The Kier molecular flexibility index (Phi) is 2.63. The second kappa shape index (κ2) is 4.28. The zero-order chi connectivity index (χ0) is 11.7. The molecule has 2 aromatic rings. The molecule has 1 fully saturated rings. The third kappa shape index (κ3) is 1.95. The van der Waals surface area contributed by atoms with Crippen molar-refractivity contribution in [1.29, 1.82) is 0 Å². The molecule has 0 N–H and O–H groups in total. The van der Waals surface area contributed by atoms with Crippen molar-refractivity contribution in [2.45, 2.75) is 31.6 Å². The van der Waals surface area contributed by atoms with Gasteiger partial charge in [-0.2, -0.15) is 0 Å². The van der Waals surface area contributed by atoms with E-state index in [0.29, 0.717) is 5.78 Å². The van der Waals surface area contributed by atoms with Gasteiger partial charge in [0.15, 0.2) is 0 Å². The number of benzene rings is 1. The Hall–Kier alpha value is -1.70. The highest BCUT2D eigenvalue weighted by molar-refractivity contribution is 5.88. The summed E-state index contributed by atoms with van der Waals surface area (Å²) in [5, 5.41) is 1.13. The van der Waals surface area contributed by atoms with Gasteiger partial charge in [0.1, 0.15) is 5.78 Å². The number of rotatable bonds is 1. The molecule has 0 amide bonds. The van der Waals surface area contributed by atoms with Crippen molar-refractivity contribution in [2.75, 3.05) is 0 Å². The summed E-state index contributed by atoms with van der Waals surface area (Å²) in [5.74, 6) is 0.467. The van der Waals surface area contributed by atoms with E-state index < -0.39 is 0 Å². The molecule has 1 aliphatic rings. The number of hydrogen-bond donors (Lipinski definition) is 0. The molecular weight excluding hydrogens is 210 g/mol. The lowest BCUT2D eigenvalue weighted by Crippen LogP contribution is -2.17. The summed E-state index contributed by atoms with van der Waals surface area (Å²) < 4.78 is 0. The van der Waals surface area contributed by atoms with Crippen LogP contribution in [0.4, 0.5) is 0 Å². The summed E-state index contributed by atoms with van der Waals surface area (Å²) in [5.41, 5.74) is 2.09.